The van der Waals surface area contributed by atoms with Gasteiger partial charge in [0, 0.05) is 19.2 Å². The molecule has 0 aromatic heterocycles. The Balaban J connectivity index is 5.15. The monoisotopic (exact) mass is 212 g/mol. The van der Waals surface area contributed by atoms with Gasteiger partial charge in [-0.1, -0.05) is 6.92 Å². The van der Waals surface area contributed by atoms with Gasteiger partial charge in [-0.25, -0.2) is 4.79 Å². The summed E-state index contributed by atoms with van der Waals surface area (Å²) in [5, 5.41) is 0. The number of aliphatic imine (C=N–C) groups is 1. The first-order valence-electron chi connectivity index (χ1n) is 4.69. The smallest absolute Gasteiger partial charge is 0.341 e. The molecule has 0 saturated heterocycles. The molecule has 0 saturated carbocycles. The molecule has 0 spiro atoms. The number of hydrogen-bond acceptors (Lipinski definition) is 5. The lowest BCUT2D eigenvalue weighted by Gasteiger charge is -2.03. The fraction of sp³-hybridized carbons (Fsp3) is 0.500. The molecule has 0 aromatic rings. The van der Waals surface area contributed by atoms with E-state index in [1.54, 1.807) is 6.92 Å². The number of hydrogen-bond donors (Lipinski definition) is 1. The molecule has 0 unspecified atom stereocenters. The Morgan fingerprint density at radius 3 is 2.40 bits per heavy atom. The number of rotatable bonds is 5. The Bertz CT molecular complexity index is 306. The maximum Gasteiger partial charge on any atom is 0.341 e. The summed E-state index contributed by atoms with van der Waals surface area (Å²) in [4.78, 5) is 26.4. The zero-order chi connectivity index (χ0) is 11.8. The second kappa shape index (κ2) is 6.75. The second-order valence-corrected chi connectivity index (χ2v) is 2.72. The van der Waals surface area contributed by atoms with Gasteiger partial charge >= 0.3 is 5.97 Å². The topological polar surface area (TPSA) is 81.8 Å². The molecule has 0 aliphatic rings. The van der Waals surface area contributed by atoms with Gasteiger partial charge in [0.05, 0.1) is 12.8 Å². The van der Waals surface area contributed by atoms with Crippen molar-refractivity contribution in [2.75, 3.05) is 13.7 Å². The van der Waals surface area contributed by atoms with Crippen LogP contribution in [0.25, 0.3) is 0 Å². The van der Waals surface area contributed by atoms with Crippen molar-refractivity contribution in [3.8, 4) is 0 Å². The molecule has 0 radical (unpaired) electrons. The van der Waals surface area contributed by atoms with Gasteiger partial charge in [-0.15, -0.1) is 0 Å². The SMILES string of the molecule is CCN=C/C(C(=O)OC)=C(\N)C(=O)CC. The van der Waals surface area contributed by atoms with Crippen molar-refractivity contribution in [3.05, 3.63) is 11.3 Å². The second-order valence-electron chi connectivity index (χ2n) is 2.72. The quantitative estimate of drug-likeness (QED) is 0.407. The molecule has 0 rings (SSSR count). The van der Waals surface area contributed by atoms with Crippen LogP contribution in [-0.2, 0) is 14.3 Å². The number of carbonyl (C=O) groups excluding carboxylic acids is 2. The van der Waals surface area contributed by atoms with Crippen LogP contribution in [0.5, 0.6) is 0 Å². The molecule has 0 amide bonds. The van der Waals surface area contributed by atoms with Crippen molar-refractivity contribution < 1.29 is 14.3 Å². The van der Waals surface area contributed by atoms with Gasteiger partial charge in [-0.2, -0.15) is 0 Å². The van der Waals surface area contributed by atoms with E-state index in [1.165, 1.54) is 13.3 Å². The summed E-state index contributed by atoms with van der Waals surface area (Å²) in [6.07, 6.45) is 1.51. The molecule has 0 heterocycles. The molecule has 0 bridgehead atoms. The maximum absolute atomic E-state index is 11.3. The van der Waals surface area contributed by atoms with Crippen LogP contribution in [0.15, 0.2) is 16.3 Å². The van der Waals surface area contributed by atoms with Crippen LogP contribution in [0.3, 0.4) is 0 Å². The highest BCUT2D eigenvalue weighted by Crippen LogP contribution is 2.02. The molecular weight excluding hydrogens is 196 g/mol. The highest BCUT2D eigenvalue weighted by molar-refractivity contribution is 6.16. The van der Waals surface area contributed by atoms with E-state index in [4.69, 9.17) is 5.73 Å². The molecule has 15 heavy (non-hydrogen) atoms. The van der Waals surface area contributed by atoms with Crippen LogP contribution in [-0.4, -0.2) is 31.6 Å². The van der Waals surface area contributed by atoms with Crippen molar-refractivity contribution in [2.24, 2.45) is 10.7 Å². The Morgan fingerprint density at radius 2 is 2.00 bits per heavy atom. The zero-order valence-electron chi connectivity index (χ0n) is 9.24. The summed E-state index contributed by atoms with van der Waals surface area (Å²) in [5.41, 5.74) is 5.45. The number of ketones is 1. The summed E-state index contributed by atoms with van der Waals surface area (Å²) in [6, 6.07) is 0. The molecule has 0 aliphatic heterocycles. The first kappa shape index (κ1) is 13.4. The lowest BCUT2D eigenvalue weighted by molar-refractivity contribution is -0.135. The van der Waals surface area contributed by atoms with E-state index in [2.05, 4.69) is 9.73 Å². The Labute approximate surface area is 89.0 Å². The lowest BCUT2D eigenvalue weighted by atomic mass is 10.1. The van der Waals surface area contributed by atoms with Crippen LogP contribution >= 0.6 is 0 Å². The van der Waals surface area contributed by atoms with E-state index >= 15 is 0 Å². The van der Waals surface area contributed by atoms with Crippen molar-refractivity contribution in [3.63, 3.8) is 0 Å². The number of carbonyl (C=O) groups is 2. The van der Waals surface area contributed by atoms with Gasteiger partial charge in [0.25, 0.3) is 0 Å². The largest absolute Gasteiger partial charge is 0.465 e. The third kappa shape index (κ3) is 3.93. The molecule has 5 nitrogen and oxygen atoms in total. The lowest BCUT2D eigenvalue weighted by Crippen LogP contribution is -2.19. The number of Topliss-reactive ketones (excluding diaryl/α,β-unsaturated/α-hetero) is 1. The summed E-state index contributed by atoms with van der Waals surface area (Å²) >= 11 is 0. The molecular formula is C10H16N2O3. The molecule has 2 N–H and O–H groups in total. The van der Waals surface area contributed by atoms with Gasteiger partial charge in [0.2, 0.25) is 0 Å². The minimum absolute atomic E-state index is 0.0196. The third-order valence-corrected chi connectivity index (χ3v) is 1.72. The minimum Gasteiger partial charge on any atom is -0.465 e. The van der Waals surface area contributed by atoms with E-state index < -0.39 is 5.97 Å². The van der Waals surface area contributed by atoms with E-state index in [0.29, 0.717) is 6.54 Å². The maximum atomic E-state index is 11.3. The predicted octanol–water partition coefficient (Wildman–Crippen LogP) is 0.442. The average Bonchev–Trinajstić information content (AvgIpc) is 2.27. The van der Waals surface area contributed by atoms with Crippen molar-refractivity contribution >= 4 is 18.0 Å². The summed E-state index contributed by atoms with van der Waals surface area (Å²) in [6.45, 7) is 3.98. The first-order valence-corrected chi connectivity index (χ1v) is 4.69. The third-order valence-electron chi connectivity index (χ3n) is 1.72. The van der Waals surface area contributed by atoms with Crippen LogP contribution in [0, 0.1) is 0 Å². The minimum atomic E-state index is -0.647. The van der Waals surface area contributed by atoms with E-state index in [9.17, 15) is 9.59 Å². The van der Waals surface area contributed by atoms with Crippen LogP contribution < -0.4 is 5.73 Å². The molecule has 84 valence electrons. The summed E-state index contributed by atoms with van der Waals surface area (Å²) in [7, 11) is 1.23. The van der Waals surface area contributed by atoms with E-state index in [-0.39, 0.29) is 23.5 Å². The fourth-order valence-corrected chi connectivity index (χ4v) is 0.865. The van der Waals surface area contributed by atoms with Crippen molar-refractivity contribution in [2.45, 2.75) is 20.3 Å². The standard InChI is InChI=1S/C10H16N2O3/c1-4-8(13)9(11)7(6-12-5-2)10(14)15-3/h6H,4-5,11H2,1-3H3/b9-7+,12-6?. The van der Waals surface area contributed by atoms with Crippen LogP contribution in [0.4, 0.5) is 0 Å². The van der Waals surface area contributed by atoms with Crippen molar-refractivity contribution in [1.82, 2.24) is 0 Å². The van der Waals surface area contributed by atoms with Gasteiger partial charge in [0.15, 0.2) is 5.78 Å². The highest BCUT2D eigenvalue weighted by atomic mass is 16.5. The van der Waals surface area contributed by atoms with E-state index in [1.807, 2.05) is 6.92 Å². The predicted molar refractivity (Wildman–Crippen MR) is 57.6 cm³/mol. The van der Waals surface area contributed by atoms with Crippen LogP contribution in [0.2, 0.25) is 0 Å². The number of methoxy groups -OCH3 is 1. The Hall–Kier alpha value is -1.65. The van der Waals surface area contributed by atoms with Gasteiger partial charge in [-0.05, 0) is 6.92 Å². The Morgan fingerprint density at radius 1 is 1.40 bits per heavy atom. The summed E-state index contributed by atoms with van der Waals surface area (Å²) < 4.78 is 4.50. The molecule has 5 heteroatoms. The Kier molecular flexibility index (Phi) is 6.01. The fourth-order valence-electron chi connectivity index (χ4n) is 0.865. The van der Waals surface area contributed by atoms with E-state index in [0.717, 1.165) is 0 Å². The number of nitrogens with two attached hydrogens (primary N) is 1. The molecule has 0 aromatic carbocycles. The number of nitrogens with zero attached hydrogens (tertiary/aromatic N) is 1. The number of allylic oxidation sites excluding steroid dienone is 1. The number of ether oxygens (including phenoxy) is 1. The first-order chi connectivity index (χ1) is 7.08. The summed E-state index contributed by atoms with van der Waals surface area (Å²) in [5.74, 6) is -0.940. The van der Waals surface area contributed by atoms with Crippen molar-refractivity contribution in [1.29, 1.82) is 0 Å². The number of esters is 1. The van der Waals surface area contributed by atoms with Gasteiger partial charge < -0.3 is 10.5 Å². The van der Waals surface area contributed by atoms with Gasteiger partial charge in [0.1, 0.15) is 5.57 Å². The van der Waals surface area contributed by atoms with Gasteiger partial charge in [-0.3, -0.25) is 9.79 Å². The van der Waals surface area contributed by atoms with Crippen LogP contribution in [0.1, 0.15) is 20.3 Å². The average molecular weight is 212 g/mol. The molecule has 0 fully saturated rings. The molecule has 0 atom stereocenters. The zero-order valence-corrected chi connectivity index (χ0v) is 9.24. The highest BCUT2D eigenvalue weighted by Gasteiger charge is 2.16. The normalized spacial score (nSPS) is 12.5. The molecule has 0 aliphatic carbocycles.